The molecule has 1 N–H and O–H groups in total. The van der Waals surface area contributed by atoms with Gasteiger partial charge >= 0.3 is 5.88 Å². The van der Waals surface area contributed by atoms with E-state index < -0.39 is 0 Å². The summed E-state index contributed by atoms with van der Waals surface area (Å²) in [7, 11) is 5.14. The van der Waals surface area contributed by atoms with Crippen LogP contribution in [0.1, 0.15) is 5.56 Å². The zero-order valence-electron chi connectivity index (χ0n) is 18.8. The van der Waals surface area contributed by atoms with Crippen LogP contribution in [0, 0.1) is 0 Å². The number of nitrogens with one attached hydrogen (secondary N) is 1. The molecular weight excluding hydrogens is 456 g/mol. The predicted molar refractivity (Wildman–Crippen MR) is 130 cm³/mol. The maximum atomic E-state index is 13.3. The lowest BCUT2D eigenvalue weighted by molar-refractivity contribution is -0.753. The Morgan fingerprint density at radius 2 is 1.94 bits per heavy atom. The number of thioether (sulfide) groups is 1. The summed E-state index contributed by atoms with van der Waals surface area (Å²) in [6, 6.07) is 16.5. The highest BCUT2D eigenvalue weighted by molar-refractivity contribution is 8.14. The van der Waals surface area contributed by atoms with Crippen molar-refractivity contribution in [2.24, 2.45) is 4.99 Å². The van der Waals surface area contributed by atoms with Gasteiger partial charge in [-0.25, -0.2) is 4.99 Å². The fraction of sp³-hybridized carbons (Fsp3) is 0.174. The van der Waals surface area contributed by atoms with Gasteiger partial charge in [-0.15, -0.1) is 0 Å². The number of carbonyl (C=O) groups is 2. The van der Waals surface area contributed by atoms with Crippen LogP contribution in [0.25, 0.3) is 6.08 Å². The molecule has 3 aromatic rings. The molecular formula is C23H23N6O4S+. The van der Waals surface area contributed by atoms with Gasteiger partial charge in [-0.2, -0.15) is 5.01 Å². The highest BCUT2D eigenvalue weighted by atomic mass is 32.2. The number of carbonyl (C=O) groups excluding carboxylic acids is 2. The first-order chi connectivity index (χ1) is 16.5. The second kappa shape index (κ2) is 10.2. The third-order valence-electron chi connectivity index (χ3n) is 4.74. The van der Waals surface area contributed by atoms with Crippen LogP contribution in [0.4, 0.5) is 11.6 Å². The number of amidine groups is 1. The number of benzene rings is 2. The highest BCUT2D eigenvalue weighted by Gasteiger charge is 2.32. The summed E-state index contributed by atoms with van der Waals surface area (Å²) in [5, 5.41) is 8.51. The van der Waals surface area contributed by atoms with Crippen molar-refractivity contribution in [3.8, 4) is 5.75 Å². The summed E-state index contributed by atoms with van der Waals surface area (Å²) in [6.45, 7) is 0. The van der Waals surface area contributed by atoms with Crippen LogP contribution in [0.2, 0.25) is 0 Å². The molecule has 0 atom stereocenters. The minimum atomic E-state index is -0.322. The molecule has 34 heavy (non-hydrogen) atoms. The largest absolute Gasteiger partial charge is 0.496 e. The van der Waals surface area contributed by atoms with Gasteiger partial charge in [-0.05, 0) is 24.3 Å². The lowest BCUT2D eigenvalue weighted by Crippen LogP contribution is -2.53. The molecule has 0 radical (unpaired) electrons. The normalized spacial score (nSPS) is 14.3. The molecule has 11 heteroatoms. The van der Waals surface area contributed by atoms with E-state index in [1.165, 1.54) is 9.69 Å². The van der Waals surface area contributed by atoms with Crippen LogP contribution in [0.3, 0.4) is 0 Å². The van der Waals surface area contributed by atoms with Gasteiger partial charge in [0.05, 0.1) is 37.4 Å². The number of para-hydroxylation sites is 2. The Hall–Kier alpha value is -4.12. The molecule has 2 heterocycles. The number of hydrogen-bond acceptors (Lipinski definition) is 8. The van der Waals surface area contributed by atoms with Gasteiger partial charge in [-0.3, -0.25) is 24.3 Å². The predicted octanol–water partition coefficient (Wildman–Crippen LogP) is 2.28. The van der Waals surface area contributed by atoms with Gasteiger partial charge in [0, 0.05) is 5.56 Å². The van der Waals surface area contributed by atoms with Crippen LogP contribution >= 0.6 is 11.8 Å². The summed E-state index contributed by atoms with van der Waals surface area (Å²) in [4.78, 5) is 33.2. The quantitative estimate of drug-likeness (QED) is 0.410. The summed E-state index contributed by atoms with van der Waals surface area (Å²) in [5.74, 6) is 0.242. The monoisotopic (exact) mass is 479 g/mol. The minimum Gasteiger partial charge on any atom is -0.496 e. The molecule has 0 saturated heterocycles. The topological polar surface area (TPSA) is 104 Å². The molecule has 0 fully saturated rings. The molecule has 1 aliphatic heterocycles. The Kier molecular flexibility index (Phi) is 6.93. The van der Waals surface area contributed by atoms with Crippen LogP contribution in [-0.4, -0.2) is 49.2 Å². The summed E-state index contributed by atoms with van der Waals surface area (Å²) in [6.07, 6.45) is 3.22. The zero-order chi connectivity index (χ0) is 24.1. The maximum absolute atomic E-state index is 13.3. The molecule has 2 amide bonds. The van der Waals surface area contributed by atoms with Crippen molar-refractivity contribution in [2.75, 3.05) is 42.2 Å². The van der Waals surface area contributed by atoms with Crippen molar-refractivity contribution in [1.29, 1.82) is 0 Å². The first kappa shape index (κ1) is 23.1. The number of nitrogens with zero attached hydrogens (tertiary/aromatic N) is 5. The van der Waals surface area contributed by atoms with Crippen LogP contribution in [0.15, 0.2) is 76.0 Å². The average molecular weight is 480 g/mol. The molecule has 1 aromatic heterocycles. The van der Waals surface area contributed by atoms with Gasteiger partial charge in [0.1, 0.15) is 11.4 Å². The van der Waals surface area contributed by atoms with Crippen molar-refractivity contribution in [2.45, 2.75) is 0 Å². The molecule has 4 rings (SSSR count). The minimum absolute atomic E-state index is 0.0139. The average Bonchev–Trinajstić information content (AvgIpc) is 3.43. The molecule has 0 saturated carbocycles. The molecule has 0 spiro atoms. The Labute approximate surface area is 200 Å². The number of anilines is 2. The standard InChI is InChI=1S/C23H22N6O4S/c1-27(2)28-14-21(33-26-28)25-20(30)15-34-23-24-18(13-16-9-7-8-12-19(16)32-3)22(31)29(23)17-10-5-4-6-11-17/h4-14H,15H2,1-3H3/p+1/b18-13+. The van der Waals surface area contributed by atoms with Crippen LogP contribution in [-0.2, 0) is 9.59 Å². The third kappa shape index (κ3) is 5.09. The van der Waals surface area contributed by atoms with Crippen molar-refractivity contribution < 1.29 is 23.6 Å². The van der Waals surface area contributed by atoms with E-state index in [1.54, 1.807) is 38.5 Å². The number of aromatic nitrogens is 2. The fourth-order valence-corrected chi connectivity index (χ4v) is 3.93. The Balaban J connectivity index is 1.55. The van der Waals surface area contributed by atoms with Gasteiger partial charge in [0.25, 0.3) is 12.1 Å². The van der Waals surface area contributed by atoms with Crippen molar-refractivity contribution >= 4 is 46.4 Å². The molecule has 0 unspecified atom stereocenters. The number of amides is 2. The van der Waals surface area contributed by atoms with Crippen LogP contribution in [0.5, 0.6) is 5.75 Å². The number of aliphatic imine (C=N–C) groups is 1. The van der Waals surface area contributed by atoms with Crippen molar-refractivity contribution in [3.05, 3.63) is 72.1 Å². The number of methoxy groups -OCH3 is 1. The van der Waals surface area contributed by atoms with Crippen molar-refractivity contribution in [1.82, 2.24) is 5.27 Å². The third-order valence-corrected chi connectivity index (χ3v) is 5.67. The first-order valence-electron chi connectivity index (χ1n) is 10.3. The van der Waals surface area contributed by atoms with E-state index >= 15 is 0 Å². The Bertz CT molecular complexity index is 1260. The van der Waals surface area contributed by atoms with E-state index in [-0.39, 0.29) is 29.1 Å². The molecule has 2 aromatic carbocycles. The highest BCUT2D eigenvalue weighted by Crippen LogP contribution is 2.30. The maximum Gasteiger partial charge on any atom is 0.305 e. The lowest BCUT2D eigenvalue weighted by Gasteiger charge is -2.17. The number of rotatable bonds is 7. The van der Waals surface area contributed by atoms with Gasteiger partial charge in [-0.1, -0.05) is 48.2 Å². The van der Waals surface area contributed by atoms with Crippen LogP contribution < -0.4 is 24.8 Å². The number of hydrogen-bond donors (Lipinski definition) is 1. The number of ether oxygens (including phenoxy) is 1. The summed E-state index contributed by atoms with van der Waals surface area (Å²) in [5.41, 5.74) is 1.64. The van der Waals surface area contributed by atoms with E-state index in [4.69, 9.17) is 9.26 Å². The first-order valence-corrected chi connectivity index (χ1v) is 11.3. The van der Waals surface area contributed by atoms with Crippen molar-refractivity contribution in [3.63, 3.8) is 0 Å². The molecule has 0 bridgehead atoms. The summed E-state index contributed by atoms with van der Waals surface area (Å²) < 4.78 is 10.5. The SMILES string of the molecule is COc1ccccc1/C=C1/N=C(SCC(=O)Nc2c[n+](N(C)C)no2)N(c2ccccc2)C1=O. The van der Waals surface area contributed by atoms with E-state index in [9.17, 15) is 9.59 Å². The van der Waals surface area contributed by atoms with Gasteiger partial charge < -0.3 is 4.74 Å². The van der Waals surface area contributed by atoms with E-state index in [0.29, 0.717) is 16.6 Å². The smallest absolute Gasteiger partial charge is 0.305 e. The second-order valence-corrected chi connectivity index (χ2v) is 8.26. The molecule has 10 nitrogen and oxygen atoms in total. The molecule has 174 valence electrons. The van der Waals surface area contributed by atoms with E-state index in [1.807, 2.05) is 54.6 Å². The van der Waals surface area contributed by atoms with Gasteiger partial charge in [0.2, 0.25) is 11.2 Å². The molecule has 1 aliphatic rings. The Morgan fingerprint density at radius 3 is 2.65 bits per heavy atom. The van der Waals surface area contributed by atoms with E-state index in [2.05, 4.69) is 15.6 Å². The summed E-state index contributed by atoms with van der Waals surface area (Å²) >= 11 is 1.15. The Morgan fingerprint density at radius 1 is 1.21 bits per heavy atom. The second-order valence-electron chi connectivity index (χ2n) is 7.31. The van der Waals surface area contributed by atoms with E-state index in [0.717, 1.165) is 17.3 Å². The van der Waals surface area contributed by atoms with Gasteiger partial charge in [0.15, 0.2) is 5.17 Å². The molecule has 0 aliphatic carbocycles. The lowest BCUT2D eigenvalue weighted by atomic mass is 10.1. The zero-order valence-corrected chi connectivity index (χ0v) is 19.7. The fourth-order valence-electron chi connectivity index (χ4n) is 3.12.